The van der Waals surface area contributed by atoms with E-state index in [-0.39, 0.29) is 12.5 Å². The van der Waals surface area contributed by atoms with E-state index < -0.39 is 0 Å². The SMILES string of the molecule is CCOC(=O)CN(CC)c1nccn2cnnc12. The van der Waals surface area contributed by atoms with Gasteiger partial charge in [-0.25, -0.2) is 4.98 Å². The van der Waals surface area contributed by atoms with Crippen molar-refractivity contribution >= 4 is 17.4 Å². The van der Waals surface area contributed by atoms with Crippen LogP contribution in [0.4, 0.5) is 5.82 Å². The van der Waals surface area contributed by atoms with Gasteiger partial charge in [0.15, 0.2) is 5.82 Å². The Bertz CT molecular complexity index is 539. The highest BCUT2D eigenvalue weighted by Gasteiger charge is 2.15. The Kier molecular flexibility index (Phi) is 3.71. The fraction of sp³-hybridized carbons (Fsp3) is 0.455. The van der Waals surface area contributed by atoms with E-state index in [0.29, 0.717) is 24.6 Å². The molecule has 0 amide bonds. The van der Waals surface area contributed by atoms with Crippen molar-refractivity contribution in [2.45, 2.75) is 13.8 Å². The van der Waals surface area contributed by atoms with E-state index in [1.807, 2.05) is 11.8 Å². The highest BCUT2D eigenvalue weighted by molar-refractivity contribution is 5.77. The minimum Gasteiger partial charge on any atom is -0.465 e. The second-order valence-electron chi connectivity index (χ2n) is 3.63. The van der Waals surface area contributed by atoms with Crippen LogP contribution in [-0.4, -0.2) is 45.2 Å². The van der Waals surface area contributed by atoms with Gasteiger partial charge in [-0.1, -0.05) is 0 Å². The first-order valence-electron chi connectivity index (χ1n) is 5.81. The number of anilines is 1. The van der Waals surface area contributed by atoms with E-state index in [2.05, 4.69) is 15.2 Å². The third kappa shape index (κ3) is 2.39. The summed E-state index contributed by atoms with van der Waals surface area (Å²) in [6, 6.07) is 0. The summed E-state index contributed by atoms with van der Waals surface area (Å²) in [5, 5.41) is 7.82. The van der Waals surface area contributed by atoms with Crippen LogP contribution in [0.1, 0.15) is 13.8 Å². The molecule has 0 aliphatic heterocycles. The van der Waals surface area contributed by atoms with E-state index in [4.69, 9.17) is 4.74 Å². The molecule has 0 saturated heterocycles. The lowest BCUT2D eigenvalue weighted by Crippen LogP contribution is -2.31. The lowest BCUT2D eigenvalue weighted by molar-refractivity contribution is -0.141. The summed E-state index contributed by atoms with van der Waals surface area (Å²) in [7, 11) is 0. The first-order chi connectivity index (χ1) is 8.76. The zero-order valence-electron chi connectivity index (χ0n) is 10.4. The molecule has 0 unspecified atom stereocenters. The fourth-order valence-electron chi connectivity index (χ4n) is 1.67. The van der Waals surface area contributed by atoms with Crippen LogP contribution in [0.25, 0.3) is 5.65 Å². The minimum absolute atomic E-state index is 0.157. The van der Waals surface area contributed by atoms with E-state index in [1.165, 1.54) is 0 Å². The molecule has 2 heterocycles. The molecule has 0 aliphatic rings. The number of ether oxygens (including phenoxy) is 1. The van der Waals surface area contributed by atoms with Crippen molar-refractivity contribution in [3.63, 3.8) is 0 Å². The average Bonchev–Trinajstić information content (AvgIpc) is 2.84. The van der Waals surface area contributed by atoms with Crippen molar-refractivity contribution in [3.05, 3.63) is 18.7 Å². The van der Waals surface area contributed by atoms with Crippen LogP contribution in [0, 0.1) is 0 Å². The summed E-state index contributed by atoms with van der Waals surface area (Å²) in [5.41, 5.74) is 0.628. The zero-order valence-corrected chi connectivity index (χ0v) is 10.4. The van der Waals surface area contributed by atoms with Crippen LogP contribution in [-0.2, 0) is 9.53 Å². The van der Waals surface area contributed by atoms with Gasteiger partial charge in [-0.3, -0.25) is 9.20 Å². The number of nitrogens with zero attached hydrogens (tertiary/aromatic N) is 5. The van der Waals surface area contributed by atoms with Gasteiger partial charge in [0.2, 0.25) is 5.65 Å². The molecule has 0 bridgehead atoms. The van der Waals surface area contributed by atoms with Gasteiger partial charge in [-0.15, -0.1) is 10.2 Å². The number of hydrogen-bond donors (Lipinski definition) is 0. The van der Waals surface area contributed by atoms with E-state index in [9.17, 15) is 4.79 Å². The van der Waals surface area contributed by atoms with Crippen molar-refractivity contribution in [3.8, 4) is 0 Å². The number of esters is 1. The highest BCUT2D eigenvalue weighted by atomic mass is 16.5. The lowest BCUT2D eigenvalue weighted by Gasteiger charge is -2.20. The van der Waals surface area contributed by atoms with E-state index >= 15 is 0 Å². The van der Waals surface area contributed by atoms with Crippen LogP contribution in [0.15, 0.2) is 18.7 Å². The molecular formula is C11H15N5O2. The molecule has 2 aromatic heterocycles. The molecule has 0 aromatic carbocycles. The van der Waals surface area contributed by atoms with Gasteiger partial charge in [-0.2, -0.15) is 0 Å². The van der Waals surface area contributed by atoms with Crippen LogP contribution in [0.2, 0.25) is 0 Å². The molecule has 2 aromatic rings. The van der Waals surface area contributed by atoms with Crippen LogP contribution in [0.5, 0.6) is 0 Å². The number of fused-ring (bicyclic) bond motifs is 1. The van der Waals surface area contributed by atoms with Gasteiger partial charge in [-0.05, 0) is 13.8 Å². The van der Waals surface area contributed by atoms with E-state index in [0.717, 1.165) is 0 Å². The summed E-state index contributed by atoms with van der Waals surface area (Å²) in [6.07, 6.45) is 5.01. The fourth-order valence-corrected chi connectivity index (χ4v) is 1.67. The summed E-state index contributed by atoms with van der Waals surface area (Å²) in [6.45, 7) is 4.90. The van der Waals surface area contributed by atoms with Crippen molar-refractivity contribution in [2.75, 3.05) is 24.6 Å². The molecule has 0 saturated carbocycles. The van der Waals surface area contributed by atoms with Gasteiger partial charge >= 0.3 is 5.97 Å². The summed E-state index contributed by atoms with van der Waals surface area (Å²) in [4.78, 5) is 17.6. The Morgan fingerprint density at radius 2 is 2.33 bits per heavy atom. The average molecular weight is 249 g/mol. The summed E-state index contributed by atoms with van der Waals surface area (Å²) < 4.78 is 6.70. The first-order valence-corrected chi connectivity index (χ1v) is 5.81. The van der Waals surface area contributed by atoms with Crippen LogP contribution < -0.4 is 4.90 Å². The topological polar surface area (TPSA) is 72.6 Å². The Labute approximate surface area is 104 Å². The Balaban J connectivity index is 2.26. The molecular weight excluding hydrogens is 234 g/mol. The number of likely N-dealkylation sites (N-methyl/N-ethyl adjacent to an activating group) is 1. The largest absolute Gasteiger partial charge is 0.465 e. The molecule has 0 atom stereocenters. The monoisotopic (exact) mass is 249 g/mol. The molecule has 0 spiro atoms. The molecule has 7 heteroatoms. The normalized spacial score (nSPS) is 10.6. The van der Waals surface area contributed by atoms with Gasteiger partial charge in [0.25, 0.3) is 0 Å². The van der Waals surface area contributed by atoms with Crippen molar-refractivity contribution < 1.29 is 9.53 Å². The maximum atomic E-state index is 11.5. The second-order valence-corrected chi connectivity index (χ2v) is 3.63. The summed E-state index contributed by atoms with van der Waals surface area (Å²) >= 11 is 0. The Morgan fingerprint density at radius 1 is 1.50 bits per heavy atom. The predicted octanol–water partition coefficient (Wildman–Crippen LogP) is 0.514. The maximum Gasteiger partial charge on any atom is 0.325 e. The number of hydrogen-bond acceptors (Lipinski definition) is 6. The molecule has 0 fully saturated rings. The zero-order chi connectivity index (χ0) is 13.0. The quantitative estimate of drug-likeness (QED) is 0.719. The number of carbonyl (C=O) groups is 1. The number of carbonyl (C=O) groups excluding carboxylic acids is 1. The third-order valence-electron chi connectivity index (χ3n) is 2.50. The van der Waals surface area contributed by atoms with Crippen LogP contribution >= 0.6 is 0 Å². The summed E-state index contributed by atoms with van der Waals surface area (Å²) in [5.74, 6) is 0.355. The molecule has 2 rings (SSSR count). The first kappa shape index (κ1) is 12.3. The molecule has 18 heavy (non-hydrogen) atoms. The number of rotatable bonds is 5. The smallest absolute Gasteiger partial charge is 0.325 e. The molecule has 0 radical (unpaired) electrons. The molecule has 7 nitrogen and oxygen atoms in total. The Hall–Kier alpha value is -2.18. The van der Waals surface area contributed by atoms with Crippen molar-refractivity contribution in [2.24, 2.45) is 0 Å². The number of aromatic nitrogens is 4. The molecule has 96 valence electrons. The molecule has 0 aliphatic carbocycles. The maximum absolute atomic E-state index is 11.5. The van der Waals surface area contributed by atoms with Crippen molar-refractivity contribution in [1.82, 2.24) is 19.6 Å². The van der Waals surface area contributed by atoms with Gasteiger partial charge in [0, 0.05) is 18.9 Å². The van der Waals surface area contributed by atoms with Crippen LogP contribution in [0.3, 0.4) is 0 Å². The lowest BCUT2D eigenvalue weighted by atomic mass is 10.4. The van der Waals surface area contributed by atoms with Gasteiger partial charge in [0.1, 0.15) is 12.9 Å². The second kappa shape index (κ2) is 5.44. The predicted molar refractivity (Wildman–Crippen MR) is 65.3 cm³/mol. The third-order valence-corrected chi connectivity index (χ3v) is 2.50. The minimum atomic E-state index is -0.275. The van der Waals surface area contributed by atoms with Crippen molar-refractivity contribution in [1.29, 1.82) is 0 Å². The molecule has 0 N–H and O–H groups in total. The standard InChI is InChI=1S/C11H15N5O2/c1-3-15(7-9(17)18-4-2)10-11-14-13-8-16(11)6-5-12-10/h5-6,8H,3-4,7H2,1-2H3. The van der Waals surface area contributed by atoms with Gasteiger partial charge in [0.05, 0.1) is 6.61 Å². The highest BCUT2D eigenvalue weighted by Crippen LogP contribution is 2.15. The van der Waals surface area contributed by atoms with Gasteiger partial charge < -0.3 is 9.64 Å². The Morgan fingerprint density at radius 3 is 3.06 bits per heavy atom. The van der Waals surface area contributed by atoms with E-state index in [1.54, 1.807) is 30.0 Å².